The van der Waals surface area contributed by atoms with Gasteiger partial charge in [0.25, 0.3) is 0 Å². The molecule has 0 bridgehead atoms. The van der Waals surface area contributed by atoms with Gasteiger partial charge >= 0.3 is 0 Å². The molecule has 0 heterocycles. The lowest BCUT2D eigenvalue weighted by atomic mass is 9.96. The van der Waals surface area contributed by atoms with Crippen LogP contribution >= 0.6 is 0 Å². The minimum atomic E-state index is 0.0523. The van der Waals surface area contributed by atoms with Gasteiger partial charge in [0.05, 0.1) is 42.7 Å². The highest BCUT2D eigenvalue weighted by atomic mass is 16.5. The molecular formula is C38H32N2O6. The zero-order chi connectivity index (χ0) is 32.8. The molecule has 0 unspecified atom stereocenters. The van der Waals surface area contributed by atoms with Crippen LogP contribution < -0.4 is 28.4 Å². The first kappa shape index (κ1) is 31.3. The molecule has 0 radical (unpaired) electrons. The van der Waals surface area contributed by atoms with Crippen molar-refractivity contribution in [2.24, 2.45) is 0 Å². The smallest absolute Gasteiger partial charge is 0.203 e. The molecule has 0 atom stereocenters. The third kappa shape index (κ3) is 5.85. The molecule has 0 aromatic heterocycles. The molecule has 0 saturated carbocycles. The Labute approximate surface area is 268 Å². The lowest BCUT2D eigenvalue weighted by Crippen LogP contribution is -1.95. The van der Waals surface area contributed by atoms with Gasteiger partial charge in [-0.2, -0.15) is 10.5 Å². The second kappa shape index (κ2) is 13.7. The van der Waals surface area contributed by atoms with Crippen molar-refractivity contribution in [2.45, 2.75) is 0 Å². The minimum absolute atomic E-state index is 0.0523. The maximum absolute atomic E-state index is 9.94. The molecule has 8 heteroatoms. The van der Waals surface area contributed by atoms with E-state index in [1.165, 1.54) is 0 Å². The van der Waals surface area contributed by atoms with Crippen molar-refractivity contribution in [3.8, 4) is 57.8 Å². The monoisotopic (exact) mass is 612 g/mol. The van der Waals surface area contributed by atoms with Crippen LogP contribution in [0.25, 0.3) is 41.0 Å². The Morgan fingerprint density at radius 3 is 1.11 bits per heavy atom. The summed E-state index contributed by atoms with van der Waals surface area (Å²) in [5, 5.41) is 19.9. The molecule has 230 valence electrons. The van der Waals surface area contributed by atoms with Crippen LogP contribution in [0.15, 0.2) is 66.2 Å². The van der Waals surface area contributed by atoms with E-state index in [4.69, 9.17) is 28.4 Å². The average Bonchev–Trinajstić information content (AvgIpc) is 3.41. The van der Waals surface area contributed by atoms with Crippen LogP contribution in [-0.2, 0) is 0 Å². The molecule has 0 fully saturated rings. The Morgan fingerprint density at radius 2 is 0.804 bits per heavy atom. The van der Waals surface area contributed by atoms with Gasteiger partial charge in [-0.15, -0.1) is 0 Å². The first-order valence-corrected chi connectivity index (χ1v) is 14.2. The van der Waals surface area contributed by atoms with Crippen molar-refractivity contribution in [1.82, 2.24) is 0 Å². The summed E-state index contributed by atoms with van der Waals surface area (Å²) in [5.41, 5.74) is 7.73. The topological polar surface area (TPSA) is 103 Å². The number of fused-ring (bicyclic) bond motifs is 3. The highest BCUT2D eigenvalue weighted by Gasteiger charge is 2.27. The number of hydrogen-bond acceptors (Lipinski definition) is 8. The Hall–Kier alpha value is -6.12. The molecule has 0 aliphatic heterocycles. The normalized spacial score (nSPS) is 11.4. The molecule has 5 rings (SSSR count). The molecule has 1 aliphatic rings. The van der Waals surface area contributed by atoms with E-state index in [1.807, 2.05) is 85.0 Å². The summed E-state index contributed by atoms with van der Waals surface area (Å²) in [7, 11) is 9.44. The third-order valence-electron chi connectivity index (χ3n) is 7.70. The number of allylic oxidation sites excluding steroid dienone is 1. The zero-order valence-electron chi connectivity index (χ0n) is 26.4. The predicted octanol–water partition coefficient (Wildman–Crippen LogP) is 7.91. The van der Waals surface area contributed by atoms with Crippen LogP contribution in [0.2, 0.25) is 0 Å². The molecular weight excluding hydrogens is 580 g/mol. The van der Waals surface area contributed by atoms with Gasteiger partial charge in [0.2, 0.25) is 11.5 Å². The Balaban J connectivity index is 1.52. The molecule has 0 N–H and O–H groups in total. The Bertz CT molecular complexity index is 1800. The highest BCUT2D eigenvalue weighted by Crippen LogP contribution is 2.47. The van der Waals surface area contributed by atoms with E-state index in [-0.39, 0.29) is 5.57 Å². The average molecular weight is 613 g/mol. The van der Waals surface area contributed by atoms with Crippen molar-refractivity contribution in [1.29, 1.82) is 10.5 Å². The summed E-state index contributed by atoms with van der Waals surface area (Å²) in [6.45, 7) is 0. The van der Waals surface area contributed by atoms with Gasteiger partial charge in [0.1, 0.15) is 17.7 Å². The number of rotatable bonds is 10. The fraction of sp³-hybridized carbons (Fsp3) is 0.158. The van der Waals surface area contributed by atoms with Gasteiger partial charge in [-0.1, -0.05) is 48.6 Å². The number of nitriles is 2. The Kier molecular flexibility index (Phi) is 9.31. The van der Waals surface area contributed by atoms with Crippen molar-refractivity contribution >= 4 is 29.9 Å². The zero-order valence-corrected chi connectivity index (χ0v) is 26.4. The summed E-state index contributed by atoms with van der Waals surface area (Å²) < 4.78 is 32.8. The molecule has 0 saturated heterocycles. The van der Waals surface area contributed by atoms with Crippen molar-refractivity contribution in [3.63, 3.8) is 0 Å². The summed E-state index contributed by atoms with van der Waals surface area (Å²) in [4.78, 5) is 0. The van der Waals surface area contributed by atoms with E-state index in [2.05, 4.69) is 12.1 Å². The third-order valence-corrected chi connectivity index (χ3v) is 7.70. The van der Waals surface area contributed by atoms with Crippen molar-refractivity contribution in [3.05, 3.63) is 99.6 Å². The minimum Gasteiger partial charge on any atom is -0.493 e. The fourth-order valence-corrected chi connectivity index (χ4v) is 5.55. The molecule has 4 aromatic carbocycles. The van der Waals surface area contributed by atoms with E-state index in [0.29, 0.717) is 40.1 Å². The molecule has 8 nitrogen and oxygen atoms in total. The van der Waals surface area contributed by atoms with Crippen LogP contribution in [0.1, 0.15) is 33.4 Å². The van der Waals surface area contributed by atoms with Crippen molar-refractivity contribution in [2.75, 3.05) is 42.7 Å². The second-order valence-electron chi connectivity index (χ2n) is 10.2. The number of hydrogen-bond donors (Lipinski definition) is 0. The van der Waals surface area contributed by atoms with E-state index in [1.54, 1.807) is 42.7 Å². The Morgan fingerprint density at radius 1 is 0.457 bits per heavy atom. The van der Waals surface area contributed by atoms with Gasteiger partial charge in [0.15, 0.2) is 23.0 Å². The van der Waals surface area contributed by atoms with Crippen LogP contribution in [0, 0.1) is 22.7 Å². The summed E-state index contributed by atoms with van der Waals surface area (Å²) in [6, 6.07) is 23.7. The van der Waals surface area contributed by atoms with E-state index < -0.39 is 0 Å². The molecule has 0 amide bonds. The molecule has 1 aliphatic carbocycles. The van der Waals surface area contributed by atoms with Gasteiger partial charge in [-0.3, -0.25) is 0 Å². The van der Waals surface area contributed by atoms with Crippen molar-refractivity contribution < 1.29 is 28.4 Å². The maximum Gasteiger partial charge on any atom is 0.203 e. The SMILES string of the molecule is COc1cc(/C=C/c2ccc3c(c2)C(=C(C#N)C#N)c2cc(/C=C/c4cc(OC)c(OC)c(OC)c4)ccc2-3)cc(OC)c1OC. The van der Waals surface area contributed by atoms with Gasteiger partial charge < -0.3 is 28.4 Å². The highest BCUT2D eigenvalue weighted by molar-refractivity contribution is 6.05. The van der Waals surface area contributed by atoms with Crippen LogP contribution in [0.5, 0.6) is 34.5 Å². The summed E-state index contributed by atoms with van der Waals surface area (Å²) in [5.74, 6) is 3.26. The summed E-state index contributed by atoms with van der Waals surface area (Å²) in [6.07, 6.45) is 7.82. The second-order valence-corrected chi connectivity index (χ2v) is 10.2. The maximum atomic E-state index is 9.94. The first-order valence-electron chi connectivity index (χ1n) is 14.2. The molecule has 46 heavy (non-hydrogen) atoms. The van der Waals surface area contributed by atoms with Crippen LogP contribution in [0.3, 0.4) is 0 Å². The number of benzene rings is 4. The predicted molar refractivity (Wildman–Crippen MR) is 179 cm³/mol. The quantitative estimate of drug-likeness (QED) is 0.116. The standard InChI is InChI=1S/C38H32N2O6/c1-41-32-17-25(18-33(42-2)37(32)45-5)9-7-23-11-13-28-29-14-12-24(16-31(29)36(30(28)15-23)27(21-39)22-40)8-10-26-19-34(43-3)38(46-6)35(20-26)44-4/h7-20H,1-6H3/b9-7+,10-8+. The number of methoxy groups -OCH3 is 6. The lowest BCUT2D eigenvalue weighted by Gasteiger charge is -2.12. The van der Waals surface area contributed by atoms with E-state index in [9.17, 15) is 10.5 Å². The molecule has 0 spiro atoms. The van der Waals surface area contributed by atoms with Gasteiger partial charge in [-0.25, -0.2) is 0 Å². The fourth-order valence-electron chi connectivity index (χ4n) is 5.55. The lowest BCUT2D eigenvalue weighted by molar-refractivity contribution is 0.324. The number of ether oxygens (including phenoxy) is 6. The summed E-state index contributed by atoms with van der Waals surface area (Å²) >= 11 is 0. The number of nitrogens with zero attached hydrogens (tertiary/aromatic N) is 2. The van der Waals surface area contributed by atoms with Crippen LogP contribution in [-0.4, -0.2) is 42.7 Å². The van der Waals surface area contributed by atoms with Crippen LogP contribution in [0.4, 0.5) is 0 Å². The molecule has 4 aromatic rings. The van der Waals surface area contributed by atoms with Gasteiger partial charge in [-0.05, 0) is 80.9 Å². The largest absolute Gasteiger partial charge is 0.493 e. The first-order chi connectivity index (χ1) is 22.4. The van der Waals surface area contributed by atoms with E-state index in [0.717, 1.165) is 44.5 Å². The van der Waals surface area contributed by atoms with E-state index >= 15 is 0 Å². The van der Waals surface area contributed by atoms with Gasteiger partial charge in [0, 0.05) is 5.57 Å².